The molecule has 0 spiro atoms. The van der Waals surface area contributed by atoms with Crippen molar-refractivity contribution >= 4 is 34.7 Å². The van der Waals surface area contributed by atoms with Crippen molar-refractivity contribution in [2.24, 2.45) is 0 Å². The summed E-state index contributed by atoms with van der Waals surface area (Å²) in [5, 5.41) is 1.17. The number of rotatable bonds is 3. The second kappa shape index (κ2) is 7.17. The van der Waals surface area contributed by atoms with E-state index < -0.39 is 0 Å². The minimum Gasteiger partial charge on any atom is -0.268 e. The summed E-state index contributed by atoms with van der Waals surface area (Å²) in [7, 11) is 0. The van der Waals surface area contributed by atoms with Crippen LogP contribution < -0.4 is 5.56 Å². The Balaban J connectivity index is 2.00. The maximum absolute atomic E-state index is 13.3. The second-order valence-electron chi connectivity index (χ2n) is 6.10. The monoisotopic (exact) mass is 373 g/mol. The summed E-state index contributed by atoms with van der Waals surface area (Å²) in [6, 6.07) is 18.5. The van der Waals surface area contributed by atoms with Crippen LogP contribution in [0.25, 0.3) is 28.7 Å². The molecule has 5 heteroatoms. The van der Waals surface area contributed by atoms with Gasteiger partial charge in [-0.1, -0.05) is 35.9 Å². The molecule has 2 heterocycles. The Bertz CT molecular complexity index is 1210. The molecule has 4 rings (SSSR count). The predicted molar refractivity (Wildman–Crippen MR) is 110 cm³/mol. The number of pyridine rings is 1. The van der Waals surface area contributed by atoms with Crippen molar-refractivity contribution < 1.29 is 0 Å². The zero-order valence-electron chi connectivity index (χ0n) is 14.6. The summed E-state index contributed by atoms with van der Waals surface area (Å²) in [6.07, 6.45) is 5.37. The quantitative estimate of drug-likeness (QED) is 0.512. The second-order valence-corrected chi connectivity index (χ2v) is 6.51. The molecule has 4 aromatic rings. The smallest absolute Gasteiger partial charge is 0.266 e. The first-order valence-electron chi connectivity index (χ1n) is 8.51. The first-order chi connectivity index (χ1) is 13.1. The average molecular weight is 374 g/mol. The average Bonchev–Trinajstić information content (AvgIpc) is 2.70. The van der Waals surface area contributed by atoms with Gasteiger partial charge in [0.05, 0.1) is 22.3 Å². The normalized spacial score (nSPS) is 11.3. The summed E-state index contributed by atoms with van der Waals surface area (Å²) >= 11 is 6.30. The van der Waals surface area contributed by atoms with E-state index in [0.29, 0.717) is 27.4 Å². The van der Waals surface area contributed by atoms with Gasteiger partial charge in [-0.25, -0.2) is 4.98 Å². The third-order valence-corrected chi connectivity index (χ3v) is 4.78. The lowest BCUT2D eigenvalue weighted by Gasteiger charge is -2.14. The van der Waals surface area contributed by atoms with Crippen LogP contribution in [0.1, 0.15) is 17.1 Å². The molecule has 0 aliphatic carbocycles. The SMILES string of the molecule is Cc1c(Cl)cccc1-n1c(/C=C/c2ccccn2)nc2ccccc2c1=O. The summed E-state index contributed by atoms with van der Waals surface area (Å²) in [4.78, 5) is 22.2. The lowest BCUT2D eigenvalue weighted by molar-refractivity contribution is 0.934. The Hall–Kier alpha value is -3.24. The van der Waals surface area contributed by atoms with Gasteiger partial charge in [-0.2, -0.15) is 0 Å². The van der Waals surface area contributed by atoms with E-state index in [1.807, 2.05) is 67.6 Å². The van der Waals surface area contributed by atoms with Gasteiger partial charge in [0.1, 0.15) is 5.82 Å². The first-order valence-corrected chi connectivity index (χ1v) is 8.89. The molecule has 0 saturated carbocycles. The molecule has 0 fully saturated rings. The fourth-order valence-electron chi connectivity index (χ4n) is 2.97. The molecular weight excluding hydrogens is 358 g/mol. The van der Waals surface area contributed by atoms with Crippen LogP contribution in [-0.2, 0) is 0 Å². The Kier molecular flexibility index (Phi) is 4.57. The van der Waals surface area contributed by atoms with Crippen LogP contribution in [0.3, 0.4) is 0 Å². The number of hydrogen-bond acceptors (Lipinski definition) is 3. The largest absolute Gasteiger partial charge is 0.268 e. The summed E-state index contributed by atoms with van der Waals surface area (Å²) in [6.45, 7) is 1.89. The number of hydrogen-bond donors (Lipinski definition) is 0. The van der Waals surface area contributed by atoms with Crippen LogP contribution in [0.15, 0.2) is 71.7 Å². The van der Waals surface area contributed by atoms with Gasteiger partial charge in [-0.05, 0) is 61.0 Å². The standard InChI is InChI=1S/C22H16ClN3O/c1-15-18(23)9-6-11-20(15)26-21(13-12-16-7-4-5-14-24-16)25-19-10-3-2-8-17(19)22(26)27/h2-14H,1H3/b13-12+. The lowest BCUT2D eigenvalue weighted by Crippen LogP contribution is -2.23. The molecular formula is C22H16ClN3O. The number of benzene rings is 2. The van der Waals surface area contributed by atoms with Crippen LogP contribution in [0.5, 0.6) is 0 Å². The van der Waals surface area contributed by atoms with Crippen LogP contribution >= 0.6 is 11.6 Å². The molecule has 0 radical (unpaired) electrons. The van der Waals surface area contributed by atoms with Gasteiger partial charge in [0.2, 0.25) is 0 Å². The van der Waals surface area contributed by atoms with Crippen LogP contribution in [0.2, 0.25) is 5.02 Å². The Morgan fingerprint density at radius 2 is 1.78 bits per heavy atom. The summed E-state index contributed by atoms with van der Waals surface area (Å²) < 4.78 is 1.60. The van der Waals surface area contributed by atoms with Crippen molar-refractivity contribution in [3.63, 3.8) is 0 Å². The van der Waals surface area contributed by atoms with E-state index in [4.69, 9.17) is 16.6 Å². The van der Waals surface area contributed by atoms with Gasteiger partial charge in [0.15, 0.2) is 0 Å². The highest BCUT2D eigenvalue weighted by molar-refractivity contribution is 6.31. The minimum absolute atomic E-state index is 0.133. The van der Waals surface area contributed by atoms with Gasteiger partial charge >= 0.3 is 0 Å². The molecule has 4 nitrogen and oxygen atoms in total. The Morgan fingerprint density at radius 3 is 2.59 bits per heavy atom. The maximum Gasteiger partial charge on any atom is 0.266 e. The fraction of sp³-hybridized carbons (Fsp3) is 0.0455. The highest BCUT2D eigenvalue weighted by Gasteiger charge is 2.13. The van der Waals surface area contributed by atoms with E-state index >= 15 is 0 Å². The molecule has 0 bridgehead atoms. The first kappa shape index (κ1) is 17.2. The number of halogens is 1. The van der Waals surface area contributed by atoms with Crippen molar-refractivity contribution in [3.8, 4) is 5.69 Å². The van der Waals surface area contributed by atoms with Gasteiger partial charge < -0.3 is 0 Å². The predicted octanol–water partition coefficient (Wildman–Crippen LogP) is 4.91. The molecule has 132 valence electrons. The van der Waals surface area contributed by atoms with E-state index in [2.05, 4.69) is 4.98 Å². The van der Waals surface area contributed by atoms with Gasteiger partial charge in [-0.15, -0.1) is 0 Å². The van der Waals surface area contributed by atoms with Crippen LogP contribution in [-0.4, -0.2) is 14.5 Å². The van der Waals surface area contributed by atoms with Crippen molar-refractivity contribution in [3.05, 3.63) is 99.3 Å². The molecule has 2 aromatic carbocycles. The zero-order valence-corrected chi connectivity index (χ0v) is 15.4. The van der Waals surface area contributed by atoms with Gasteiger partial charge in [-0.3, -0.25) is 14.3 Å². The zero-order chi connectivity index (χ0) is 18.8. The van der Waals surface area contributed by atoms with E-state index in [0.717, 1.165) is 11.3 Å². The molecule has 0 unspecified atom stereocenters. The third kappa shape index (κ3) is 3.27. The highest BCUT2D eigenvalue weighted by Crippen LogP contribution is 2.23. The molecule has 0 N–H and O–H groups in total. The molecule has 27 heavy (non-hydrogen) atoms. The third-order valence-electron chi connectivity index (χ3n) is 4.37. The Labute approximate surface area is 161 Å². The van der Waals surface area contributed by atoms with E-state index in [-0.39, 0.29) is 5.56 Å². The molecule has 2 aromatic heterocycles. The van der Waals surface area contributed by atoms with E-state index in [1.165, 1.54) is 0 Å². The number of nitrogens with zero attached hydrogens (tertiary/aromatic N) is 3. The Morgan fingerprint density at radius 1 is 0.963 bits per heavy atom. The van der Waals surface area contributed by atoms with Crippen LogP contribution in [0.4, 0.5) is 0 Å². The minimum atomic E-state index is -0.133. The lowest BCUT2D eigenvalue weighted by atomic mass is 10.1. The molecule has 0 atom stereocenters. The van der Waals surface area contributed by atoms with Crippen molar-refractivity contribution in [2.45, 2.75) is 6.92 Å². The molecule has 0 aliphatic rings. The summed E-state index contributed by atoms with van der Waals surface area (Å²) in [5.41, 5.74) is 2.84. The number of aromatic nitrogens is 3. The summed E-state index contributed by atoms with van der Waals surface area (Å²) in [5.74, 6) is 0.523. The maximum atomic E-state index is 13.3. The van der Waals surface area contributed by atoms with Crippen molar-refractivity contribution in [1.82, 2.24) is 14.5 Å². The number of para-hydroxylation sites is 1. The molecule has 0 amide bonds. The van der Waals surface area contributed by atoms with Gasteiger partial charge in [0, 0.05) is 11.2 Å². The van der Waals surface area contributed by atoms with Crippen LogP contribution in [0, 0.1) is 6.92 Å². The van der Waals surface area contributed by atoms with E-state index in [1.54, 1.807) is 22.9 Å². The van der Waals surface area contributed by atoms with Gasteiger partial charge in [0.25, 0.3) is 5.56 Å². The van der Waals surface area contributed by atoms with Crippen molar-refractivity contribution in [2.75, 3.05) is 0 Å². The van der Waals surface area contributed by atoms with Crippen molar-refractivity contribution in [1.29, 1.82) is 0 Å². The highest BCUT2D eigenvalue weighted by atomic mass is 35.5. The van der Waals surface area contributed by atoms with E-state index in [9.17, 15) is 4.79 Å². The fourth-order valence-corrected chi connectivity index (χ4v) is 3.14. The molecule has 0 saturated heterocycles. The molecule has 0 aliphatic heterocycles. The topological polar surface area (TPSA) is 47.8 Å². The number of fused-ring (bicyclic) bond motifs is 1.